The molecule has 0 spiro atoms. The molecule has 2 bridgehead atoms. The van der Waals surface area contributed by atoms with Gasteiger partial charge in [0.25, 0.3) is 0 Å². The third-order valence-corrected chi connectivity index (χ3v) is 5.35. The first kappa shape index (κ1) is 19.5. The van der Waals surface area contributed by atoms with E-state index >= 15 is 0 Å². The summed E-state index contributed by atoms with van der Waals surface area (Å²) >= 11 is 0. The van der Waals surface area contributed by atoms with Crippen molar-refractivity contribution in [1.82, 2.24) is 0 Å². The molecule has 2 saturated heterocycles. The van der Waals surface area contributed by atoms with Crippen LogP contribution in [0, 0.1) is 0 Å². The van der Waals surface area contributed by atoms with Crippen LogP contribution < -0.4 is 0 Å². The Hall–Kier alpha value is -1.80. The van der Waals surface area contributed by atoms with E-state index in [2.05, 4.69) is 0 Å². The van der Waals surface area contributed by atoms with E-state index in [1.165, 1.54) is 0 Å². The Bertz CT molecular complexity index is 754. The smallest absolute Gasteiger partial charge is 0.195 e. The van der Waals surface area contributed by atoms with Crippen LogP contribution in [-0.2, 0) is 32.2 Å². The Morgan fingerprint density at radius 2 is 1.46 bits per heavy atom. The van der Waals surface area contributed by atoms with Gasteiger partial charge in [0, 0.05) is 0 Å². The van der Waals surface area contributed by atoms with Crippen LogP contribution in [0.1, 0.15) is 18.1 Å². The zero-order chi connectivity index (χ0) is 19.6. The summed E-state index contributed by atoms with van der Waals surface area (Å²) in [5, 5.41) is 20.7. The molecule has 6 atom stereocenters. The molecule has 2 aromatic rings. The van der Waals surface area contributed by atoms with E-state index in [1.807, 2.05) is 60.7 Å². The molecule has 28 heavy (non-hydrogen) atoms. The summed E-state index contributed by atoms with van der Waals surface area (Å²) in [4.78, 5) is 0. The molecule has 2 N–H and O–H groups in total. The lowest BCUT2D eigenvalue weighted by molar-refractivity contribution is -0.340. The molecule has 2 heterocycles. The highest BCUT2D eigenvalue weighted by Gasteiger charge is 2.62. The molecule has 2 aromatic carbocycles. The second-order valence-electron chi connectivity index (χ2n) is 7.41. The van der Waals surface area contributed by atoms with Crippen molar-refractivity contribution >= 4 is 0 Å². The molecule has 2 aliphatic rings. The average molecular weight is 386 g/mol. The molecule has 150 valence electrons. The van der Waals surface area contributed by atoms with Crippen LogP contribution in [-0.4, -0.2) is 53.1 Å². The van der Waals surface area contributed by atoms with Gasteiger partial charge < -0.3 is 29.2 Å². The SMILES string of the molecule is C[C@]12O[C@@H]([C@H](O)[C@H]1OCc1ccccc1)[C@H](OCc1ccccc1)[C@@H](CO)O2. The van der Waals surface area contributed by atoms with Gasteiger partial charge in [0.1, 0.15) is 30.5 Å². The molecular weight excluding hydrogens is 360 g/mol. The fourth-order valence-electron chi connectivity index (χ4n) is 3.95. The minimum absolute atomic E-state index is 0.229. The maximum atomic E-state index is 10.9. The number of aliphatic hydroxyl groups excluding tert-OH is 2. The topological polar surface area (TPSA) is 77.4 Å². The summed E-state index contributed by atoms with van der Waals surface area (Å²) in [5.41, 5.74) is 1.99. The molecule has 0 radical (unpaired) electrons. The summed E-state index contributed by atoms with van der Waals surface area (Å²) in [6, 6.07) is 19.5. The number of hydrogen-bond acceptors (Lipinski definition) is 6. The van der Waals surface area contributed by atoms with Crippen LogP contribution in [0.5, 0.6) is 0 Å². The monoisotopic (exact) mass is 386 g/mol. The van der Waals surface area contributed by atoms with Gasteiger partial charge in [0.15, 0.2) is 5.79 Å². The highest BCUT2D eigenvalue weighted by Crippen LogP contribution is 2.43. The lowest BCUT2D eigenvalue weighted by Gasteiger charge is -2.41. The third-order valence-electron chi connectivity index (χ3n) is 5.35. The maximum absolute atomic E-state index is 10.9. The van der Waals surface area contributed by atoms with E-state index in [1.54, 1.807) is 6.92 Å². The van der Waals surface area contributed by atoms with E-state index in [-0.39, 0.29) is 6.61 Å². The predicted molar refractivity (Wildman–Crippen MR) is 101 cm³/mol. The molecule has 0 amide bonds. The molecule has 2 aliphatic heterocycles. The molecule has 0 saturated carbocycles. The highest BCUT2D eigenvalue weighted by molar-refractivity contribution is 5.15. The van der Waals surface area contributed by atoms with Crippen molar-refractivity contribution in [3.05, 3.63) is 71.8 Å². The first-order chi connectivity index (χ1) is 13.6. The van der Waals surface area contributed by atoms with Crippen molar-refractivity contribution in [2.75, 3.05) is 6.61 Å². The van der Waals surface area contributed by atoms with Crippen LogP contribution in [0.4, 0.5) is 0 Å². The maximum Gasteiger partial charge on any atom is 0.195 e. The molecule has 6 nitrogen and oxygen atoms in total. The van der Waals surface area contributed by atoms with Crippen molar-refractivity contribution in [3.8, 4) is 0 Å². The second kappa shape index (κ2) is 8.29. The molecule has 6 heteroatoms. The number of aliphatic hydroxyl groups is 2. The molecule has 2 fully saturated rings. The standard InChI is InChI=1S/C22H26O6/c1-22-21(26-14-16-10-6-3-7-11-16)18(24)20(28-22)19(17(12-23)27-22)25-13-15-8-4-2-5-9-15/h2-11,17-21,23-24H,12-14H2,1H3/t17-,18+,19-,20+,21-,22+/m1/s1. The van der Waals surface area contributed by atoms with E-state index in [0.717, 1.165) is 11.1 Å². The van der Waals surface area contributed by atoms with Crippen LogP contribution in [0.25, 0.3) is 0 Å². The minimum atomic E-state index is -1.14. The van der Waals surface area contributed by atoms with E-state index in [4.69, 9.17) is 18.9 Å². The highest BCUT2D eigenvalue weighted by atomic mass is 16.8. The van der Waals surface area contributed by atoms with E-state index in [0.29, 0.717) is 13.2 Å². The molecular formula is C22H26O6. The largest absolute Gasteiger partial charge is 0.394 e. The molecule has 0 unspecified atom stereocenters. The summed E-state index contributed by atoms with van der Waals surface area (Å²) in [5.74, 6) is -1.14. The minimum Gasteiger partial charge on any atom is -0.394 e. The third kappa shape index (κ3) is 3.85. The van der Waals surface area contributed by atoms with Crippen LogP contribution >= 0.6 is 0 Å². The van der Waals surface area contributed by atoms with Gasteiger partial charge in [-0.2, -0.15) is 0 Å². The van der Waals surface area contributed by atoms with Gasteiger partial charge in [-0.15, -0.1) is 0 Å². The van der Waals surface area contributed by atoms with Gasteiger partial charge in [0.05, 0.1) is 19.8 Å². The summed E-state index contributed by atoms with van der Waals surface area (Å²) in [7, 11) is 0. The predicted octanol–water partition coefficient (Wildman–Crippen LogP) is 2.02. The number of fused-ring (bicyclic) bond motifs is 2. The van der Waals surface area contributed by atoms with Gasteiger partial charge in [-0.25, -0.2) is 0 Å². The van der Waals surface area contributed by atoms with E-state index in [9.17, 15) is 10.2 Å². The van der Waals surface area contributed by atoms with Crippen molar-refractivity contribution in [2.24, 2.45) is 0 Å². The quantitative estimate of drug-likeness (QED) is 0.758. The Kier molecular flexibility index (Phi) is 5.78. The number of benzene rings is 2. The van der Waals surface area contributed by atoms with Gasteiger partial charge in [0.2, 0.25) is 0 Å². The Morgan fingerprint density at radius 3 is 2.04 bits per heavy atom. The fourth-order valence-corrected chi connectivity index (χ4v) is 3.95. The van der Waals surface area contributed by atoms with Crippen molar-refractivity contribution < 1.29 is 29.2 Å². The van der Waals surface area contributed by atoms with E-state index < -0.39 is 36.3 Å². The molecule has 0 aliphatic carbocycles. The molecule has 0 aromatic heterocycles. The summed E-state index contributed by atoms with van der Waals surface area (Å²) in [6.45, 7) is 2.18. The number of ether oxygens (including phenoxy) is 4. The first-order valence-corrected chi connectivity index (χ1v) is 9.56. The van der Waals surface area contributed by atoms with Gasteiger partial charge in [-0.05, 0) is 18.1 Å². The zero-order valence-electron chi connectivity index (χ0n) is 15.8. The van der Waals surface area contributed by atoms with Crippen molar-refractivity contribution in [2.45, 2.75) is 56.4 Å². The van der Waals surface area contributed by atoms with Crippen LogP contribution in [0.3, 0.4) is 0 Å². The van der Waals surface area contributed by atoms with Crippen molar-refractivity contribution in [1.29, 1.82) is 0 Å². The zero-order valence-corrected chi connectivity index (χ0v) is 15.8. The normalized spacial score (nSPS) is 34.5. The molecule has 4 rings (SSSR count). The Morgan fingerprint density at radius 1 is 0.893 bits per heavy atom. The van der Waals surface area contributed by atoms with Crippen LogP contribution in [0.15, 0.2) is 60.7 Å². The second-order valence-corrected chi connectivity index (χ2v) is 7.41. The average Bonchev–Trinajstić information content (AvgIpc) is 2.93. The van der Waals surface area contributed by atoms with Gasteiger partial charge in [-0.3, -0.25) is 0 Å². The number of rotatable bonds is 7. The fraction of sp³-hybridized carbons (Fsp3) is 0.455. The lowest BCUT2D eigenvalue weighted by atomic mass is 10.0. The summed E-state index contributed by atoms with van der Waals surface area (Å²) < 4.78 is 24.0. The number of hydrogen-bond donors (Lipinski definition) is 2. The van der Waals surface area contributed by atoms with Crippen LogP contribution in [0.2, 0.25) is 0 Å². The Balaban J connectivity index is 1.46. The first-order valence-electron chi connectivity index (χ1n) is 9.56. The lowest BCUT2D eigenvalue weighted by Crippen LogP contribution is -2.54. The Labute approximate surface area is 164 Å². The van der Waals surface area contributed by atoms with Gasteiger partial charge in [-0.1, -0.05) is 60.7 Å². The van der Waals surface area contributed by atoms with Crippen molar-refractivity contribution in [3.63, 3.8) is 0 Å². The van der Waals surface area contributed by atoms with Gasteiger partial charge >= 0.3 is 0 Å². The summed E-state index contributed by atoms with van der Waals surface area (Å²) in [6.07, 6.45) is -3.45.